The second-order valence-electron chi connectivity index (χ2n) is 3.55. The molecule has 0 fully saturated rings. The first-order chi connectivity index (χ1) is 9.10. The fraction of sp³-hybridized carbons (Fsp3) is 0.182. The van der Waals surface area contributed by atoms with E-state index in [0.29, 0.717) is 17.1 Å². The van der Waals surface area contributed by atoms with Crippen LogP contribution in [0, 0.1) is 0 Å². The van der Waals surface area contributed by atoms with E-state index >= 15 is 0 Å². The molecule has 1 aromatic carbocycles. The third-order valence-corrected chi connectivity index (χ3v) is 2.86. The minimum atomic E-state index is -0.653. The SMILES string of the molecule is Nc1nc(N)nc(-c2ccccc2OC(Cl)CCl)n1. The number of nitrogens with zero attached hydrogens (tertiary/aromatic N) is 3. The summed E-state index contributed by atoms with van der Waals surface area (Å²) in [7, 11) is 0. The third-order valence-electron chi connectivity index (χ3n) is 2.17. The van der Waals surface area contributed by atoms with Crippen molar-refractivity contribution in [2.45, 2.75) is 5.56 Å². The summed E-state index contributed by atoms with van der Waals surface area (Å²) in [6, 6.07) is 7.10. The van der Waals surface area contributed by atoms with E-state index < -0.39 is 5.56 Å². The number of nitrogen functional groups attached to an aromatic ring is 2. The predicted octanol–water partition coefficient (Wildman–Crippen LogP) is 1.89. The summed E-state index contributed by atoms with van der Waals surface area (Å²) in [5.41, 5.74) is 11.0. The molecule has 0 bridgehead atoms. The maximum atomic E-state index is 5.87. The number of halogens is 2. The summed E-state index contributed by atoms with van der Waals surface area (Å²) in [4.78, 5) is 11.7. The van der Waals surface area contributed by atoms with Gasteiger partial charge in [0.25, 0.3) is 0 Å². The molecule has 1 aromatic heterocycles. The Morgan fingerprint density at radius 1 is 1.11 bits per heavy atom. The topological polar surface area (TPSA) is 99.9 Å². The van der Waals surface area contributed by atoms with Crippen LogP contribution in [0.15, 0.2) is 24.3 Å². The Kier molecular flexibility index (Phi) is 4.24. The van der Waals surface area contributed by atoms with Gasteiger partial charge in [0.1, 0.15) is 5.75 Å². The smallest absolute Gasteiger partial charge is 0.225 e. The normalized spacial score (nSPS) is 12.1. The number of ether oxygens (including phenoxy) is 1. The molecule has 6 nitrogen and oxygen atoms in total. The van der Waals surface area contributed by atoms with Crippen LogP contribution in [0.3, 0.4) is 0 Å². The van der Waals surface area contributed by atoms with Crippen LogP contribution < -0.4 is 16.2 Å². The number of benzene rings is 1. The molecule has 0 amide bonds. The van der Waals surface area contributed by atoms with Crippen molar-refractivity contribution in [2.24, 2.45) is 0 Å². The number of alkyl halides is 2. The van der Waals surface area contributed by atoms with Gasteiger partial charge in [-0.15, -0.1) is 11.6 Å². The van der Waals surface area contributed by atoms with Gasteiger partial charge in [-0.3, -0.25) is 0 Å². The summed E-state index contributed by atoms with van der Waals surface area (Å²) >= 11 is 11.5. The molecule has 1 atom stereocenters. The molecular formula is C11H11Cl2N5O. The molecule has 0 spiro atoms. The molecule has 0 aliphatic heterocycles. The Morgan fingerprint density at radius 3 is 2.37 bits per heavy atom. The Hall–Kier alpha value is -1.79. The van der Waals surface area contributed by atoms with Crippen LogP contribution in [0.5, 0.6) is 5.75 Å². The lowest BCUT2D eigenvalue weighted by molar-refractivity contribution is 0.305. The fourth-order valence-corrected chi connectivity index (χ4v) is 1.61. The van der Waals surface area contributed by atoms with Crippen molar-refractivity contribution in [3.8, 4) is 17.1 Å². The summed E-state index contributed by atoms with van der Waals surface area (Å²) in [5, 5.41) is 0. The van der Waals surface area contributed by atoms with Crippen molar-refractivity contribution >= 4 is 35.1 Å². The summed E-state index contributed by atoms with van der Waals surface area (Å²) in [6.07, 6.45) is 0. The first-order valence-corrected chi connectivity index (χ1v) is 6.30. The maximum absolute atomic E-state index is 5.87. The lowest BCUT2D eigenvalue weighted by Gasteiger charge is -2.13. The molecule has 8 heteroatoms. The van der Waals surface area contributed by atoms with E-state index in [1.165, 1.54) is 0 Å². The van der Waals surface area contributed by atoms with Gasteiger partial charge in [-0.05, 0) is 12.1 Å². The standard InChI is InChI=1S/C11H11Cl2N5O/c12-5-8(13)19-7-4-2-1-3-6(7)9-16-10(14)18-11(15)17-9/h1-4,8H,5H2,(H4,14,15,16,17,18). The molecule has 19 heavy (non-hydrogen) atoms. The van der Waals surface area contributed by atoms with Crippen LogP contribution in [-0.4, -0.2) is 26.4 Å². The van der Waals surface area contributed by atoms with Gasteiger partial charge >= 0.3 is 0 Å². The number of hydrogen-bond acceptors (Lipinski definition) is 6. The summed E-state index contributed by atoms with van der Waals surface area (Å²) in [6.45, 7) is 0. The average molecular weight is 300 g/mol. The van der Waals surface area contributed by atoms with Gasteiger partial charge in [0.15, 0.2) is 11.4 Å². The molecule has 4 N–H and O–H groups in total. The van der Waals surface area contributed by atoms with Gasteiger partial charge in [0.05, 0.1) is 11.4 Å². The number of aromatic nitrogens is 3. The van der Waals surface area contributed by atoms with Crippen LogP contribution in [0.25, 0.3) is 11.4 Å². The monoisotopic (exact) mass is 299 g/mol. The first-order valence-electron chi connectivity index (χ1n) is 5.33. The highest BCUT2D eigenvalue weighted by Gasteiger charge is 2.13. The molecule has 0 aliphatic carbocycles. The molecule has 0 aliphatic rings. The largest absolute Gasteiger partial charge is 0.473 e. The quantitative estimate of drug-likeness (QED) is 0.836. The molecule has 100 valence electrons. The van der Waals surface area contributed by atoms with Crippen molar-refractivity contribution in [3.63, 3.8) is 0 Å². The van der Waals surface area contributed by atoms with Crippen molar-refractivity contribution in [1.29, 1.82) is 0 Å². The van der Waals surface area contributed by atoms with E-state index in [0.717, 1.165) is 0 Å². The number of nitrogens with two attached hydrogens (primary N) is 2. The van der Waals surface area contributed by atoms with Crippen LogP contribution >= 0.6 is 23.2 Å². The second kappa shape index (κ2) is 5.90. The van der Waals surface area contributed by atoms with Crippen molar-refractivity contribution in [2.75, 3.05) is 17.3 Å². The Morgan fingerprint density at radius 2 is 1.74 bits per heavy atom. The molecule has 0 saturated carbocycles. The molecule has 1 unspecified atom stereocenters. The Bertz CT molecular complexity index is 561. The van der Waals surface area contributed by atoms with Crippen LogP contribution in [-0.2, 0) is 0 Å². The number of rotatable bonds is 4. The van der Waals surface area contributed by atoms with E-state index in [1.54, 1.807) is 18.2 Å². The highest BCUT2D eigenvalue weighted by Crippen LogP contribution is 2.29. The number of anilines is 2. The van der Waals surface area contributed by atoms with Crippen LogP contribution in [0.2, 0.25) is 0 Å². The fourth-order valence-electron chi connectivity index (χ4n) is 1.45. The highest BCUT2D eigenvalue weighted by molar-refractivity contribution is 6.27. The third kappa shape index (κ3) is 3.36. The van der Waals surface area contributed by atoms with Crippen molar-refractivity contribution in [1.82, 2.24) is 15.0 Å². The van der Waals surface area contributed by atoms with Crippen LogP contribution in [0.1, 0.15) is 0 Å². The zero-order valence-electron chi connectivity index (χ0n) is 9.75. The minimum absolute atomic E-state index is 0.0390. The van der Waals surface area contributed by atoms with E-state index in [9.17, 15) is 0 Å². The Balaban J connectivity index is 2.43. The average Bonchev–Trinajstić information content (AvgIpc) is 2.38. The van der Waals surface area contributed by atoms with E-state index in [-0.39, 0.29) is 17.8 Å². The van der Waals surface area contributed by atoms with E-state index in [1.807, 2.05) is 6.07 Å². The Labute approximate surface area is 119 Å². The maximum Gasteiger partial charge on any atom is 0.225 e. The predicted molar refractivity (Wildman–Crippen MR) is 75.1 cm³/mol. The van der Waals surface area contributed by atoms with Gasteiger partial charge in [-0.25, -0.2) is 0 Å². The van der Waals surface area contributed by atoms with Gasteiger partial charge in [0.2, 0.25) is 11.9 Å². The summed E-state index contributed by atoms with van der Waals surface area (Å²) in [5.74, 6) is 1.04. The van der Waals surface area contributed by atoms with Crippen molar-refractivity contribution in [3.05, 3.63) is 24.3 Å². The van der Waals surface area contributed by atoms with Gasteiger partial charge in [0, 0.05) is 0 Å². The lowest BCUT2D eigenvalue weighted by atomic mass is 10.2. The summed E-state index contributed by atoms with van der Waals surface area (Å²) < 4.78 is 5.48. The van der Waals surface area contributed by atoms with Gasteiger partial charge < -0.3 is 16.2 Å². The molecule has 1 heterocycles. The van der Waals surface area contributed by atoms with Gasteiger partial charge in [-0.2, -0.15) is 15.0 Å². The molecule has 0 saturated heterocycles. The minimum Gasteiger partial charge on any atom is -0.473 e. The molecular weight excluding hydrogens is 289 g/mol. The molecule has 2 rings (SSSR count). The zero-order chi connectivity index (χ0) is 13.8. The second-order valence-corrected chi connectivity index (χ2v) is 4.35. The molecule has 2 aromatic rings. The van der Waals surface area contributed by atoms with Crippen molar-refractivity contribution < 1.29 is 4.74 Å². The highest BCUT2D eigenvalue weighted by atomic mass is 35.5. The number of para-hydroxylation sites is 1. The van der Waals surface area contributed by atoms with E-state index in [2.05, 4.69) is 15.0 Å². The lowest BCUT2D eigenvalue weighted by Crippen LogP contribution is -2.11. The van der Waals surface area contributed by atoms with E-state index in [4.69, 9.17) is 39.4 Å². The zero-order valence-corrected chi connectivity index (χ0v) is 11.3. The number of hydrogen-bond donors (Lipinski definition) is 2. The van der Waals surface area contributed by atoms with Gasteiger partial charge in [-0.1, -0.05) is 23.7 Å². The molecule has 0 radical (unpaired) electrons. The van der Waals surface area contributed by atoms with Crippen LogP contribution in [0.4, 0.5) is 11.9 Å². The first kappa shape index (κ1) is 13.6.